The van der Waals surface area contributed by atoms with Crippen molar-refractivity contribution in [2.45, 2.75) is 50.6 Å². The van der Waals surface area contributed by atoms with Gasteiger partial charge < -0.3 is 15.5 Å². The molecule has 0 aromatic heterocycles. The molecule has 3 rings (SSSR count). The summed E-state index contributed by atoms with van der Waals surface area (Å²) in [5.74, 6) is 0.762. The third-order valence-electron chi connectivity index (χ3n) is 5.09. The first-order valence-corrected chi connectivity index (χ1v) is 10.8. The molecule has 1 aliphatic heterocycles. The van der Waals surface area contributed by atoms with Crippen molar-refractivity contribution < 1.29 is 14.4 Å². The Labute approximate surface area is 164 Å². The van der Waals surface area contributed by atoms with E-state index in [4.69, 9.17) is 0 Å². The van der Waals surface area contributed by atoms with E-state index in [0.717, 1.165) is 12.8 Å². The molecule has 2 aliphatic rings. The Balaban J connectivity index is 1.44. The minimum atomic E-state index is -0.482. The largest absolute Gasteiger partial charge is 0.354 e. The van der Waals surface area contributed by atoms with Crippen molar-refractivity contribution in [2.75, 3.05) is 18.2 Å². The lowest BCUT2D eigenvalue weighted by atomic mass is 9.95. The standard InChI is InChI=1S/C20H27N3O3S/c24-18(22-16-9-5-2-6-10-16)11-12-21-19(25)17-13-27-14-23(17)20(26)15-7-3-1-4-8-15/h1,3-4,7-8,16-17H,2,5-6,9-14H2,(H,21,25)(H,22,24)/t17-/m0/s1. The number of rotatable bonds is 6. The molecule has 0 unspecified atom stereocenters. The number of carbonyl (C=O) groups is 3. The fraction of sp³-hybridized carbons (Fsp3) is 0.550. The van der Waals surface area contributed by atoms with Crippen LogP contribution in [0.5, 0.6) is 0 Å². The third kappa shape index (κ3) is 5.48. The maximum absolute atomic E-state index is 12.6. The Morgan fingerprint density at radius 3 is 2.56 bits per heavy atom. The molecule has 7 heteroatoms. The molecular weight excluding hydrogens is 362 g/mol. The van der Waals surface area contributed by atoms with Gasteiger partial charge in [-0.25, -0.2) is 0 Å². The van der Waals surface area contributed by atoms with Crippen molar-refractivity contribution in [3.8, 4) is 0 Å². The summed E-state index contributed by atoms with van der Waals surface area (Å²) in [6.45, 7) is 0.298. The summed E-state index contributed by atoms with van der Waals surface area (Å²) in [6.07, 6.45) is 5.97. The number of benzene rings is 1. The van der Waals surface area contributed by atoms with E-state index in [0.29, 0.717) is 23.7 Å². The highest BCUT2D eigenvalue weighted by Gasteiger charge is 2.34. The summed E-state index contributed by atoms with van der Waals surface area (Å²) in [7, 11) is 0. The van der Waals surface area contributed by atoms with Crippen LogP contribution in [0.4, 0.5) is 0 Å². The normalized spacial score (nSPS) is 20.3. The molecule has 1 saturated heterocycles. The van der Waals surface area contributed by atoms with E-state index in [-0.39, 0.29) is 30.2 Å². The lowest BCUT2D eigenvalue weighted by molar-refractivity contribution is -0.125. The van der Waals surface area contributed by atoms with Crippen LogP contribution < -0.4 is 10.6 Å². The molecular formula is C20H27N3O3S. The zero-order valence-corrected chi connectivity index (χ0v) is 16.3. The number of hydrogen-bond acceptors (Lipinski definition) is 4. The molecule has 0 spiro atoms. The van der Waals surface area contributed by atoms with Gasteiger partial charge in [-0.05, 0) is 25.0 Å². The molecule has 2 N–H and O–H groups in total. The Bertz CT molecular complexity index is 662. The smallest absolute Gasteiger partial charge is 0.255 e. The maximum atomic E-state index is 12.6. The fourth-order valence-corrected chi connectivity index (χ4v) is 4.72. The molecule has 1 heterocycles. The van der Waals surface area contributed by atoms with Gasteiger partial charge >= 0.3 is 0 Å². The molecule has 0 radical (unpaired) electrons. The van der Waals surface area contributed by atoms with Crippen LogP contribution in [0, 0.1) is 0 Å². The lowest BCUT2D eigenvalue weighted by Crippen LogP contribution is -2.48. The molecule has 1 aromatic rings. The van der Waals surface area contributed by atoms with Gasteiger partial charge in [0.1, 0.15) is 6.04 Å². The number of nitrogens with one attached hydrogen (secondary N) is 2. The van der Waals surface area contributed by atoms with E-state index in [1.807, 2.05) is 18.2 Å². The van der Waals surface area contributed by atoms with E-state index >= 15 is 0 Å². The predicted octanol–water partition coefficient (Wildman–Crippen LogP) is 2.16. The summed E-state index contributed by atoms with van der Waals surface area (Å²) in [5.41, 5.74) is 0.588. The van der Waals surface area contributed by atoms with Crippen molar-refractivity contribution in [1.29, 1.82) is 0 Å². The number of hydrogen-bond donors (Lipinski definition) is 2. The first kappa shape index (κ1) is 19.7. The SMILES string of the molecule is O=C(CCNC(=O)[C@@H]1CSCN1C(=O)c1ccccc1)NC1CCCCC1. The minimum absolute atomic E-state index is 0.0137. The second-order valence-electron chi connectivity index (χ2n) is 7.10. The monoisotopic (exact) mass is 389 g/mol. The quantitative estimate of drug-likeness (QED) is 0.782. The van der Waals surface area contributed by atoms with Crippen molar-refractivity contribution in [2.24, 2.45) is 0 Å². The van der Waals surface area contributed by atoms with Crippen LogP contribution in [-0.2, 0) is 9.59 Å². The van der Waals surface area contributed by atoms with Crippen molar-refractivity contribution >= 4 is 29.5 Å². The van der Waals surface area contributed by atoms with Gasteiger partial charge in [0.05, 0.1) is 5.88 Å². The zero-order chi connectivity index (χ0) is 19.1. The van der Waals surface area contributed by atoms with Crippen molar-refractivity contribution in [1.82, 2.24) is 15.5 Å². The molecule has 1 saturated carbocycles. The Kier molecular flexibility index (Phi) is 7.15. The topological polar surface area (TPSA) is 78.5 Å². The highest BCUT2D eigenvalue weighted by molar-refractivity contribution is 7.99. The maximum Gasteiger partial charge on any atom is 0.255 e. The molecule has 6 nitrogen and oxygen atoms in total. The molecule has 1 aliphatic carbocycles. The summed E-state index contributed by atoms with van der Waals surface area (Å²) in [5, 5.41) is 5.87. The molecule has 146 valence electrons. The fourth-order valence-electron chi connectivity index (χ4n) is 3.57. The van der Waals surface area contributed by atoms with Crippen LogP contribution in [-0.4, -0.2) is 52.9 Å². The number of carbonyl (C=O) groups excluding carboxylic acids is 3. The average Bonchev–Trinajstić information content (AvgIpc) is 3.18. The van der Waals surface area contributed by atoms with Crippen LogP contribution in [0.15, 0.2) is 30.3 Å². The van der Waals surface area contributed by atoms with Crippen LogP contribution >= 0.6 is 11.8 Å². The number of thioether (sulfide) groups is 1. The molecule has 27 heavy (non-hydrogen) atoms. The predicted molar refractivity (Wildman–Crippen MR) is 106 cm³/mol. The molecule has 3 amide bonds. The molecule has 0 bridgehead atoms. The van der Waals surface area contributed by atoms with E-state index < -0.39 is 6.04 Å². The van der Waals surface area contributed by atoms with Gasteiger partial charge in [0, 0.05) is 30.3 Å². The molecule has 1 aromatic carbocycles. The minimum Gasteiger partial charge on any atom is -0.354 e. The summed E-state index contributed by atoms with van der Waals surface area (Å²) < 4.78 is 0. The third-order valence-corrected chi connectivity index (χ3v) is 6.10. The van der Waals surface area contributed by atoms with Gasteiger partial charge in [-0.2, -0.15) is 0 Å². The Morgan fingerprint density at radius 2 is 1.81 bits per heavy atom. The van der Waals surface area contributed by atoms with Crippen molar-refractivity contribution in [3.05, 3.63) is 35.9 Å². The zero-order valence-electron chi connectivity index (χ0n) is 15.5. The highest BCUT2D eigenvalue weighted by atomic mass is 32.2. The Morgan fingerprint density at radius 1 is 1.07 bits per heavy atom. The van der Waals surface area contributed by atoms with E-state index in [9.17, 15) is 14.4 Å². The Hall–Kier alpha value is -2.02. The second kappa shape index (κ2) is 9.78. The van der Waals surface area contributed by atoms with Crippen LogP contribution in [0.2, 0.25) is 0 Å². The van der Waals surface area contributed by atoms with Crippen LogP contribution in [0.1, 0.15) is 48.9 Å². The van der Waals surface area contributed by atoms with Gasteiger partial charge in [-0.15, -0.1) is 11.8 Å². The molecule has 1 atom stereocenters. The van der Waals surface area contributed by atoms with Crippen LogP contribution in [0.3, 0.4) is 0 Å². The first-order valence-electron chi connectivity index (χ1n) is 9.66. The summed E-state index contributed by atoms with van der Waals surface area (Å²) >= 11 is 1.57. The van der Waals surface area contributed by atoms with Gasteiger partial charge in [-0.1, -0.05) is 37.5 Å². The van der Waals surface area contributed by atoms with E-state index in [1.54, 1.807) is 28.8 Å². The van der Waals surface area contributed by atoms with Gasteiger partial charge in [0.2, 0.25) is 11.8 Å². The van der Waals surface area contributed by atoms with E-state index in [2.05, 4.69) is 10.6 Å². The van der Waals surface area contributed by atoms with Crippen molar-refractivity contribution in [3.63, 3.8) is 0 Å². The summed E-state index contributed by atoms with van der Waals surface area (Å²) in [6, 6.07) is 8.81. The second-order valence-corrected chi connectivity index (χ2v) is 8.10. The number of nitrogens with zero attached hydrogens (tertiary/aromatic N) is 1. The average molecular weight is 390 g/mol. The molecule has 2 fully saturated rings. The van der Waals surface area contributed by atoms with E-state index in [1.165, 1.54) is 19.3 Å². The van der Waals surface area contributed by atoms with Gasteiger partial charge in [-0.3, -0.25) is 14.4 Å². The van der Waals surface area contributed by atoms with Crippen LogP contribution in [0.25, 0.3) is 0 Å². The first-order chi connectivity index (χ1) is 13.1. The highest BCUT2D eigenvalue weighted by Crippen LogP contribution is 2.23. The summed E-state index contributed by atoms with van der Waals surface area (Å²) in [4.78, 5) is 38.8. The van der Waals surface area contributed by atoms with Gasteiger partial charge in [0.15, 0.2) is 0 Å². The lowest BCUT2D eigenvalue weighted by Gasteiger charge is -2.24. The number of amides is 3. The van der Waals surface area contributed by atoms with Gasteiger partial charge in [0.25, 0.3) is 5.91 Å².